The number of carboxylic acids is 1. The van der Waals surface area contributed by atoms with Crippen molar-refractivity contribution in [1.29, 1.82) is 0 Å². The van der Waals surface area contributed by atoms with Gasteiger partial charge in [0.25, 0.3) is 0 Å². The van der Waals surface area contributed by atoms with Gasteiger partial charge in [-0.3, -0.25) is 9.36 Å². The van der Waals surface area contributed by atoms with Crippen molar-refractivity contribution in [3.05, 3.63) is 11.5 Å². The normalized spacial score (nSPS) is 26.5. The van der Waals surface area contributed by atoms with Crippen molar-refractivity contribution in [3.63, 3.8) is 0 Å². The predicted molar refractivity (Wildman–Crippen MR) is 127 cm³/mol. The summed E-state index contributed by atoms with van der Waals surface area (Å²) >= 11 is 6.14. The van der Waals surface area contributed by atoms with Crippen LogP contribution in [0.15, 0.2) is 6.20 Å². The molecule has 4 rings (SSSR count). The molecule has 1 aliphatic carbocycles. The molecule has 0 bridgehead atoms. The van der Waals surface area contributed by atoms with Crippen LogP contribution in [0.5, 0.6) is 0 Å². The molecule has 17 heteroatoms. The molecule has 2 fully saturated rings. The summed E-state index contributed by atoms with van der Waals surface area (Å²) in [7, 11) is -4.05. The van der Waals surface area contributed by atoms with Crippen LogP contribution in [0.4, 0.5) is 5.82 Å². The zero-order chi connectivity index (χ0) is 27.0. The molecule has 0 radical (unpaired) electrons. The van der Waals surface area contributed by atoms with E-state index in [0.717, 1.165) is 32.8 Å². The van der Waals surface area contributed by atoms with Crippen molar-refractivity contribution in [2.24, 2.45) is 0 Å². The van der Waals surface area contributed by atoms with E-state index in [1.165, 1.54) is 10.9 Å². The van der Waals surface area contributed by atoms with Gasteiger partial charge in [0.1, 0.15) is 24.1 Å². The van der Waals surface area contributed by atoms with Crippen LogP contribution in [0.2, 0.25) is 5.28 Å². The molecule has 5 atom stereocenters. The van der Waals surface area contributed by atoms with Crippen LogP contribution < -0.4 is 5.32 Å². The quantitative estimate of drug-likeness (QED) is 0.161. The van der Waals surface area contributed by atoms with Crippen LogP contribution in [0.1, 0.15) is 38.3 Å². The van der Waals surface area contributed by atoms with Crippen LogP contribution in [0.25, 0.3) is 11.0 Å². The highest BCUT2D eigenvalue weighted by molar-refractivity contribution is 7.53. The Morgan fingerprint density at radius 3 is 2.62 bits per heavy atom. The molecule has 15 nitrogen and oxygen atoms in total. The van der Waals surface area contributed by atoms with E-state index in [1.54, 1.807) is 0 Å². The molecule has 37 heavy (non-hydrogen) atoms. The maximum absolute atomic E-state index is 12.1. The monoisotopic (exact) mass is 565 g/mol. The number of aliphatic carboxylic acids is 1. The third-order valence-electron chi connectivity index (χ3n) is 6.55. The highest BCUT2D eigenvalue weighted by Gasteiger charge is 2.53. The number of anilines is 1. The molecule has 2 aromatic rings. The Hall–Kier alpha value is -1.94. The van der Waals surface area contributed by atoms with Gasteiger partial charge in [-0.15, -0.1) is 0 Å². The van der Waals surface area contributed by atoms with Crippen molar-refractivity contribution < 1.29 is 48.7 Å². The molecule has 206 valence electrons. The van der Waals surface area contributed by atoms with Gasteiger partial charge >= 0.3 is 13.6 Å². The number of carbonyl (C=O) groups is 1. The average molecular weight is 566 g/mol. The fourth-order valence-electron chi connectivity index (χ4n) is 4.64. The van der Waals surface area contributed by atoms with E-state index in [9.17, 15) is 34.5 Å². The van der Waals surface area contributed by atoms with Gasteiger partial charge in [-0.25, -0.2) is 4.68 Å². The van der Waals surface area contributed by atoms with Crippen molar-refractivity contribution in [2.75, 3.05) is 25.6 Å². The average Bonchev–Trinajstić information content (AvgIpc) is 3.52. The van der Waals surface area contributed by atoms with E-state index in [2.05, 4.69) is 20.4 Å². The van der Waals surface area contributed by atoms with E-state index in [4.69, 9.17) is 25.8 Å². The molecule has 1 aliphatic heterocycles. The standard InChI is InChI=1S/C20H29ClN5O10P/c1-34-9-20(6-13(27)28,37(31,32)33)35-8-12-14(29)15(30)18(36-12)26-17-11(7-22-26)16(24-19(21)25-17)23-10-4-2-3-5-10/h7,10,12,14-15,18,29-30H,2-6,8-9H2,1H3,(H,27,28)(H,23,24,25)(H2,31,32,33)/t12-,14-,15-,18-,20?/m1/s1. The number of rotatable bonds is 11. The molecule has 0 aromatic carbocycles. The van der Waals surface area contributed by atoms with Gasteiger partial charge in [0.2, 0.25) is 10.6 Å². The zero-order valence-electron chi connectivity index (χ0n) is 19.8. The summed E-state index contributed by atoms with van der Waals surface area (Å²) in [6.07, 6.45) is -1.11. The van der Waals surface area contributed by atoms with Gasteiger partial charge in [-0.2, -0.15) is 15.1 Å². The Morgan fingerprint density at radius 2 is 2.00 bits per heavy atom. The lowest BCUT2D eigenvalue weighted by Gasteiger charge is -2.33. The number of fused-ring (bicyclic) bond motifs is 1. The van der Waals surface area contributed by atoms with Gasteiger partial charge in [0.15, 0.2) is 11.9 Å². The number of aromatic nitrogens is 4. The number of methoxy groups -OCH3 is 1. The van der Waals surface area contributed by atoms with Crippen molar-refractivity contribution in [1.82, 2.24) is 19.7 Å². The maximum Gasteiger partial charge on any atom is 0.360 e. The second-order valence-electron chi connectivity index (χ2n) is 9.14. The molecular weight excluding hydrogens is 537 g/mol. The molecule has 2 aromatic heterocycles. The lowest BCUT2D eigenvalue weighted by Crippen LogP contribution is -2.43. The Morgan fingerprint density at radius 1 is 1.30 bits per heavy atom. The first-order chi connectivity index (χ1) is 17.5. The van der Waals surface area contributed by atoms with E-state index >= 15 is 0 Å². The molecule has 6 N–H and O–H groups in total. The van der Waals surface area contributed by atoms with E-state index in [1.807, 2.05) is 0 Å². The van der Waals surface area contributed by atoms with Crippen LogP contribution in [-0.2, 0) is 23.6 Å². The minimum Gasteiger partial charge on any atom is -0.481 e. The number of aliphatic hydroxyl groups excluding tert-OH is 2. The summed E-state index contributed by atoms with van der Waals surface area (Å²) in [6, 6.07) is 0.224. The highest BCUT2D eigenvalue weighted by Crippen LogP contribution is 2.54. The number of aliphatic hydroxyl groups is 2. The Balaban J connectivity index is 1.56. The summed E-state index contributed by atoms with van der Waals surface area (Å²) in [4.78, 5) is 39.4. The first kappa shape index (κ1) is 28.1. The Bertz CT molecular complexity index is 1170. The summed E-state index contributed by atoms with van der Waals surface area (Å²) in [5.41, 5.74) is 0.230. The van der Waals surface area contributed by atoms with E-state index in [0.29, 0.717) is 11.2 Å². The SMILES string of the molecule is COCC(CC(=O)O)(OC[C@H]1O[C@@H](n2ncc3c(NC4CCCC4)nc(Cl)nc32)[C@H](O)[C@@H]1O)P(=O)(O)O. The number of halogens is 1. The lowest BCUT2D eigenvalue weighted by atomic mass is 10.1. The molecular formula is C20H29ClN5O10P. The van der Waals surface area contributed by atoms with Gasteiger partial charge in [0.05, 0.1) is 31.2 Å². The molecule has 0 spiro atoms. The largest absolute Gasteiger partial charge is 0.481 e. The van der Waals surface area contributed by atoms with E-state index < -0.39 is 63.1 Å². The number of ether oxygens (including phenoxy) is 3. The molecule has 1 unspecified atom stereocenters. The van der Waals surface area contributed by atoms with Crippen molar-refractivity contribution >= 4 is 42.0 Å². The molecule has 0 amide bonds. The topological polar surface area (TPSA) is 219 Å². The van der Waals surface area contributed by atoms with E-state index in [-0.39, 0.29) is 17.0 Å². The predicted octanol–water partition coefficient (Wildman–Crippen LogP) is 0.465. The van der Waals surface area contributed by atoms with Crippen LogP contribution in [0.3, 0.4) is 0 Å². The molecule has 1 saturated carbocycles. The number of hydrogen-bond acceptors (Lipinski definition) is 11. The van der Waals surface area contributed by atoms with Gasteiger partial charge in [-0.1, -0.05) is 12.8 Å². The molecule has 2 aliphatic rings. The smallest absolute Gasteiger partial charge is 0.360 e. The number of carboxylic acid groups (broad SMARTS) is 1. The summed E-state index contributed by atoms with van der Waals surface area (Å²) in [5, 5.41) is 36.0. The van der Waals surface area contributed by atoms with Gasteiger partial charge in [-0.05, 0) is 24.4 Å². The zero-order valence-corrected chi connectivity index (χ0v) is 21.5. The van der Waals surface area contributed by atoms with Gasteiger partial charge in [0, 0.05) is 13.2 Å². The fraction of sp³-hybridized carbons (Fsp3) is 0.700. The summed E-state index contributed by atoms with van der Waals surface area (Å²) in [6.45, 7) is -1.41. The Labute approximate surface area is 215 Å². The first-order valence-corrected chi connectivity index (χ1v) is 13.5. The second-order valence-corrected chi connectivity index (χ2v) is 11.4. The Kier molecular flexibility index (Phi) is 8.38. The van der Waals surface area contributed by atoms with Crippen molar-refractivity contribution in [2.45, 2.75) is 68.0 Å². The molecule has 3 heterocycles. The third-order valence-corrected chi connectivity index (χ3v) is 8.19. The minimum atomic E-state index is -5.17. The highest BCUT2D eigenvalue weighted by atomic mass is 35.5. The van der Waals surface area contributed by atoms with Crippen LogP contribution >= 0.6 is 19.2 Å². The number of hydrogen-bond donors (Lipinski definition) is 6. The summed E-state index contributed by atoms with van der Waals surface area (Å²) in [5.74, 6) is -1.06. The third kappa shape index (κ3) is 5.75. The summed E-state index contributed by atoms with van der Waals surface area (Å²) < 4.78 is 29.3. The second kappa shape index (κ2) is 11.0. The first-order valence-electron chi connectivity index (χ1n) is 11.5. The fourth-order valence-corrected chi connectivity index (χ4v) is 5.69. The van der Waals surface area contributed by atoms with Gasteiger partial charge < -0.3 is 44.6 Å². The maximum atomic E-state index is 12.1. The molecule has 1 saturated heterocycles. The van der Waals surface area contributed by atoms with Crippen molar-refractivity contribution in [3.8, 4) is 0 Å². The van der Waals surface area contributed by atoms with Crippen LogP contribution in [0, 0.1) is 0 Å². The number of nitrogens with one attached hydrogen (secondary N) is 1. The number of nitrogens with zero attached hydrogens (tertiary/aromatic N) is 4. The minimum absolute atomic E-state index is 0.0673. The van der Waals surface area contributed by atoms with Crippen LogP contribution in [-0.4, -0.2) is 101 Å². The lowest BCUT2D eigenvalue weighted by molar-refractivity contribution is -0.149.